The van der Waals surface area contributed by atoms with Crippen LogP contribution in [0.5, 0.6) is 0 Å². The van der Waals surface area contributed by atoms with Gasteiger partial charge in [-0.25, -0.2) is 8.42 Å². The number of carbonyl (C=O) groups excluding carboxylic acids is 2. The molecular weight excluding hydrogens is 630 g/mol. The second kappa shape index (κ2) is 14.0. The Kier molecular flexibility index (Phi) is 10.00. The average Bonchev–Trinajstić information content (AvgIpc) is 3.04. The molecule has 1 N–H and O–H groups in total. The third-order valence-corrected chi connectivity index (χ3v) is 12.1. The molecule has 250 valence electrons. The van der Waals surface area contributed by atoms with Crippen LogP contribution in [-0.2, 0) is 38.0 Å². The Labute approximate surface area is 284 Å². The third kappa shape index (κ3) is 7.54. The van der Waals surface area contributed by atoms with Crippen molar-refractivity contribution in [3.63, 3.8) is 0 Å². The molecule has 1 atom stereocenters. The van der Waals surface area contributed by atoms with Gasteiger partial charge in [-0.1, -0.05) is 79.2 Å². The summed E-state index contributed by atoms with van der Waals surface area (Å²) >= 11 is 6.56. The van der Waals surface area contributed by atoms with Crippen LogP contribution in [0.1, 0.15) is 68.6 Å². The van der Waals surface area contributed by atoms with Crippen LogP contribution in [0.2, 0.25) is 5.02 Å². The first-order chi connectivity index (χ1) is 22.5. The lowest BCUT2D eigenvalue weighted by atomic mass is 9.48. The molecule has 47 heavy (non-hydrogen) atoms. The van der Waals surface area contributed by atoms with Crippen molar-refractivity contribution >= 4 is 39.1 Å². The number of nitrogens with zero attached hydrogens (tertiary/aromatic N) is 2. The molecule has 0 aromatic heterocycles. The quantitative estimate of drug-likeness (QED) is 0.218. The van der Waals surface area contributed by atoms with Crippen molar-refractivity contribution in [2.24, 2.45) is 17.8 Å². The molecule has 0 unspecified atom stereocenters. The molecular formula is C38H46ClN3O4S. The highest BCUT2D eigenvalue weighted by molar-refractivity contribution is 7.92. The minimum absolute atomic E-state index is 0.0537. The predicted octanol–water partition coefficient (Wildman–Crippen LogP) is 6.74. The van der Waals surface area contributed by atoms with E-state index in [0.717, 1.165) is 36.0 Å². The number of sulfonamides is 1. The Morgan fingerprint density at radius 2 is 1.49 bits per heavy atom. The second-order valence-corrected chi connectivity index (χ2v) is 16.4. The van der Waals surface area contributed by atoms with Gasteiger partial charge in [0.1, 0.15) is 12.6 Å². The minimum atomic E-state index is -3.85. The first kappa shape index (κ1) is 33.5. The lowest BCUT2D eigenvalue weighted by Crippen LogP contribution is -2.53. The van der Waals surface area contributed by atoms with E-state index in [1.165, 1.54) is 53.3 Å². The first-order valence-corrected chi connectivity index (χ1v) is 19.2. The number of benzene rings is 3. The van der Waals surface area contributed by atoms with Crippen LogP contribution in [0.15, 0.2) is 78.9 Å². The Morgan fingerprint density at radius 1 is 0.894 bits per heavy atom. The summed E-state index contributed by atoms with van der Waals surface area (Å²) in [7, 11) is -3.85. The molecule has 0 spiro atoms. The summed E-state index contributed by atoms with van der Waals surface area (Å²) in [6.45, 7) is 2.05. The summed E-state index contributed by atoms with van der Waals surface area (Å²) < 4.78 is 27.8. The van der Waals surface area contributed by atoms with E-state index in [-0.39, 0.29) is 24.3 Å². The molecule has 4 bridgehead atoms. The predicted molar refractivity (Wildman–Crippen MR) is 188 cm³/mol. The van der Waals surface area contributed by atoms with Gasteiger partial charge >= 0.3 is 0 Å². The molecule has 0 radical (unpaired) electrons. The largest absolute Gasteiger partial charge is 0.354 e. The zero-order chi connectivity index (χ0) is 33.2. The second-order valence-electron chi connectivity index (χ2n) is 14.1. The normalized spacial score (nSPS) is 23.7. The van der Waals surface area contributed by atoms with Gasteiger partial charge in [0.05, 0.1) is 11.9 Å². The summed E-state index contributed by atoms with van der Waals surface area (Å²) in [5, 5.41) is 3.44. The van der Waals surface area contributed by atoms with E-state index in [2.05, 4.69) is 17.4 Å². The molecule has 4 saturated carbocycles. The van der Waals surface area contributed by atoms with Crippen molar-refractivity contribution in [2.75, 3.05) is 23.7 Å². The van der Waals surface area contributed by atoms with Crippen LogP contribution < -0.4 is 9.62 Å². The van der Waals surface area contributed by atoms with Crippen LogP contribution in [0, 0.1) is 17.8 Å². The molecule has 0 aliphatic heterocycles. The molecule has 2 amide bonds. The van der Waals surface area contributed by atoms with Crippen LogP contribution >= 0.6 is 11.6 Å². The Balaban J connectivity index is 1.30. The van der Waals surface area contributed by atoms with Gasteiger partial charge in [-0.15, -0.1) is 0 Å². The Bertz CT molecular complexity index is 1640. The highest BCUT2D eigenvalue weighted by Gasteiger charge is 2.51. The summed E-state index contributed by atoms with van der Waals surface area (Å²) in [6.07, 6.45) is 9.84. The number of nitrogens with one attached hydrogen (secondary N) is 1. The van der Waals surface area contributed by atoms with E-state index in [9.17, 15) is 18.0 Å². The summed E-state index contributed by atoms with van der Waals surface area (Å²) in [4.78, 5) is 29.6. The maximum absolute atomic E-state index is 14.4. The van der Waals surface area contributed by atoms with Gasteiger partial charge in [-0.3, -0.25) is 13.9 Å². The smallest absolute Gasteiger partial charge is 0.244 e. The molecule has 7 nitrogen and oxygen atoms in total. The van der Waals surface area contributed by atoms with Gasteiger partial charge < -0.3 is 10.2 Å². The number of halogens is 1. The van der Waals surface area contributed by atoms with Gasteiger partial charge in [0.2, 0.25) is 21.8 Å². The van der Waals surface area contributed by atoms with Crippen molar-refractivity contribution in [1.82, 2.24) is 10.2 Å². The topological polar surface area (TPSA) is 86.8 Å². The van der Waals surface area contributed by atoms with Crippen LogP contribution in [0.3, 0.4) is 0 Å². The number of carbonyl (C=O) groups is 2. The highest BCUT2D eigenvalue weighted by atomic mass is 35.5. The maximum Gasteiger partial charge on any atom is 0.244 e. The maximum atomic E-state index is 14.4. The van der Waals surface area contributed by atoms with Gasteiger partial charge in [0.25, 0.3) is 0 Å². The standard InChI is InChI=1S/C38H46ClN3O4S/c1-3-17-40-37(44)35(21-27-9-5-4-6-10-27)41(25-31-11-7-8-12-34(31)39)36(43)26-42(47(2,45)46)33-15-13-32(14-16-33)38-22-28-18-29(23-38)20-30(19-28)24-38/h4-16,28-30,35H,3,17-26H2,1-2H3,(H,40,44)/t28?,29?,30?,35-,38?/m1/s1. The number of hydrogen-bond acceptors (Lipinski definition) is 4. The van der Waals surface area contributed by atoms with Crippen LogP contribution in [-0.4, -0.2) is 50.5 Å². The van der Waals surface area contributed by atoms with Gasteiger partial charge in [-0.05, 0) is 103 Å². The number of hydrogen-bond donors (Lipinski definition) is 1. The molecule has 7 rings (SSSR count). The number of amides is 2. The number of anilines is 1. The minimum Gasteiger partial charge on any atom is -0.354 e. The van der Waals surface area contributed by atoms with Crippen LogP contribution in [0.4, 0.5) is 5.69 Å². The van der Waals surface area contributed by atoms with Crippen molar-refractivity contribution in [3.05, 3.63) is 101 Å². The molecule has 9 heteroatoms. The first-order valence-electron chi connectivity index (χ1n) is 17.0. The third-order valence-electron chi connectivity index (χ3n) is 10.6. The van der Waals surface area contributed by atoms with E-state index in [1.54, 1.807) is 6.07 Å². The fraction of sp³-hybridized carbons (Fsp3) is 0.474. The van der Waals surface area contributed by atoms with E-state index < -0.39 is 28.5 Å². The van der Waals surface area contributed by atoms with E-state index in [0.29, 0.717) is 22.8 Å². The van der Waals surface area contributed by atoms with Crippen LogP contribution in [0.25, 0.3) is 0 Å². The van der Waals surface area contributed by atoms with Crippen molar-refractivity contribution in [2.45, 2.75) is 76.3 Å². The van der Waals surface area contributed by atoms with E-state index in [4.69, 9.17) is 11.6 Å². The molecule has 4 fully saturated rings. The Morgan fingerprint density at radius 3 is 2.06 bits per heavy atom. The molecule has 0 heterocycles. The highest BCUT2D eigenvalue weighted by Crippen LogP contribution is 2.60. The molecule has 0 saturated heterocycles. The van der Waals surface area contributed by atoms with Gasteiger partial charge in [-0.2, -0.15) is 0 Å². The molecule has 3 aromatic rings. The average molecular weight is 676 g/mol. The van der Waals surface area contributed by atoms with Gasteiger partial charge in [0, 0.05) is 24.5 Å². The van der Waals surface area contributed by atoms with Crippen molar-refractivity contribution < 1.29 is 18.0 Å². The SMILES string of the molecule is CCCNC(=O)[C@@H](Cc1ccccc1)N(Cc1ccccc1Cl)C(=O)CN(c1ccc(C23CC4CC(CC(C4)C2)C3)cc1)S(C)(=O)=O. The lowest BCUT2D eigenvalue weighted by molar-refractivity contribution is -0.140. The molecule has 4 aliphatic carbocycles. The summed E-state index contributed by atoms with van der Waals surface area (Å²) in [6, 6.07) is 23.8. The molecule has 4 aliphatic rings. The zero-order valence-corrected chi connectivity index (χ0v) is 29.0. The summed E-state index contributed by atoms with van der Waals surface area (Å²) in [5.41, 5.74) is 3.48. The fourth-order valence-electron chi connectivity index (χ4n) is 8.79. The summed E-state index contributed by atoms with van der Waals surface area (Å²) in [5.74, 6) is 1.63. The number of rotatable bonds is 13. The zero-order valence-electron chi connectivity index (χ0n) is 27.4. The monoisotopic (exact) mass is 675 g/mol. The lowest BCUT2D eigenvalue weighted by Gasteiger charge is -2.57. The van der Waals surface area contributed by atoms with E-state index >= 15 is 0 Å². The van der Waals surface area contributed by atoms with Crippen molar-refractivity contribution in [3.8, 4) is 0 Å². The molecule has 3 aromatic carbocycles. The van der Waals surface area contributed by atoms with Gasteiger partial charge in [0.15, 0.2) is 0 Å². The van der Waals surface area contributed by atoms with E-state index in [1.807, 2.05) is 67.6 Å². The van der Waals surface area contributed by atoms with Crippen molar-refractivity contribution in [1.29, 1.82) is 0 Å². The Hall–Kier alpha value is -3.36. The fourth-order valence-corrected chi connectivity index (χ4v) is 9.83.